The van der Waals surface area contributed by atoms with Crippen molar-refractivity contribution in [2.45, 2.75) is 57.7 Å². The van der Waals surface area contributed by atoms with Crippen LogP contribution in [-0.4, -0.2) is 29.6 Å². The lowest BCUT2D eigenvalue weighted by molar-refractivity contribution is 0.0886. The van der Waals surface area contributed by atoms with Crippen LogP contribution in [0.25, 0.3) is 0 Å². The minimum absolute atomic E-state index is 0.0938. The predicted octanol–water partition coefficient (Wildman–Crippen LogP) is 2.96. The van der Waals surface area contributed by atoms with Gasteiger partial charge in [0.15, 0.2) is 0 Å². The average Bonchev–Trinajstić information content (AvgIpc) is 2.41. The van der Waals surface area contributed by atoms with Crippen molar-refractivity contribution in [2.24, 2.45) is 5.73 Å². The summed E-state index contributed by atoms with van der Waals surface area (Å²) < 4.78 is 13.7. The highest BCUT2D eigenvalue weighted by Gasteiger charge is 2.29. The van der Waals surface area contributed by atoms with Crippen LogP contribution < -0.4 is 5.73 Å². The van der Waals surface area contributed by atoms with E-state index in [1.54, 1.807) is 12.1 Å². The topological polar surface area (TPSA) is 29.3 Å². The Bertz CT molecular complexity index is 405. The second-order valence-electron chi connectivity index (χ2n) is 5.80. The van der Waals surface area contributed by atoms with Crippen LogP contribution in [0.3, 0.4) is 0 Å². The van der Waals surface area contributed by atoms with Gasteiger partial charge < -0.3 is 5.73 Å². The van der Waals surface area contributed by atoms with Gasteiger partial charge in [-0.25, -0.2) is 4.39 Å². The van der Waals surface area contributed by atoms with Gasteiger partial charge in [-0.2, -0.15) is 0 Å². The van der Waals surface area contributed by atoms with Gasteiger partial charge in [-0.1, -0.05) is 24.6 Å². The average molecular weight is 264 g/mol. The van der Waals surface area contributed by atoms with Crippen LogP contribution in [0.5, 0.6) is 0 Å². The first-order valence-corrected chi connectivity index (χ1v) is 7.34. The van der Waals surface area contributed by atoms with E-state index in [1.165, 1.54) is 19.3 Å². The molecule has 1 saturated heterocycles. The monoisotopic (exact) mass is 264 g/mol. The molecule has 0 amide bonds. The molecule has 1 aromatic carbocycles. The number of rotatable bonds is 4. The molecule has 3 heteroatoms. The second kappa shape index (κ2) is 6.49. The van der Waals surface area contributed by atoms with Crippen molar-refractivity contribution in [1.29, 1.82) is 0 Å². The minimum atomic E-state index is -0.0938. The van der Waals surface area contributed by atoms with E-state index in [0.717, 1.165) is 18.5 Å². The third-order valence-electron chi connectivity index (χ3n) is 4.24. The molecule has 1 heterocycles. The quantitative estimate of drug-likeness (QED) is 0.906. The van der Waals surface area contributed by atoms with Gasteiger partial charge in [-0.3, -0.25) is 4.90 Å². The molecule has 0 saturated carbocycles. The molecule has 3 atom stereocenters. The fourth-order valence-corrected chi connectivity index (χ4v) is 3.19. The minimum Gasteiger partial charge on any atom is -0.327 e. The van der Waals surface area contributed by atoms with Crippen LogP contribution in [0.2, 0.25) is 0 Å². The van der Waals surface area contributed by atoms with Gasteiger partial charge in [-0.15, -0.1) is 0 Å². The highest BCUT2D eigenvalue weighted by molar-refractivity contribution is 5.18. The summed E-state index contributed by atoms with van der Waals surface area (Å²) in [6, 6.07) is 8.05. The van der Waals surface area contributed by atoms with Gasteiger partial charge in [0.25, 0.3) is 0 Å². The molecule has 0 spiro atoms. The Hall–Kier alpha value is -0.930. The molecular formula is C16H25FN2. The van der Waals surface area contributed by atoms with Crippen molar-refractivity contribution < 1.29 is 4.39 Å². The van der Waals surface area contributed by atoms with Crippen LogP contribution in [-0.2, 0) is 6.42 Å². The largest absolute Gasteiger partial charge is 0.327 e. The van der Waals surface area contributed by atoms with E-state index < -0.39 is 0 Å². The SMILES string of the molecule is CC(N)C1CCCCN1C(C)Cc1ccccc1F. The molecule has 2 nitrogen and oxygen atoms in total. The molecule has 1 aliphatic rings. The smallest absolute Gasteiger partial charge is 0.126 e. The Morgan fingerprint density at radius 2 is 2.05 bits per heavy atom. The molecule has 0 radical (unpaired) electrons. The molecule has 2 rings (SSSR count). The van der Waals surface area contributed by atoms with Gasteiger partial charge in [-0.05, 0) is 51.3 Å². The Kier molecular flexibility index (Phi) is 4.94. The summed E-state index contributed by atoms with van der Waals surface area (Å²) in [4.78, 5) is 2.47. The summed E-state index contributed by atoms with van der Waals surface area (Å²) in [5, 5.41) is 0. The molecule has 19 heavy (non-hydrogen) atoms. The Balaban J connectivity index is 2.05. The van der Waals surface area contributed by atoms with E-state index >= 15 is 0 Å². The zero-order valence-electron chi connectivity index (χ0n) is 12.0. The van der Waals surface area contributed by atoms with Gasteiger partial charge >= 0.3 is 0 Å². The molecule has 0 bridgehead atoms. The number of halogens is 1. The number of piperidine rings is 1. The van der Waals surface area contributed by atoms with E-state index in [-0.39, 0.29) is 11.9 Å². The first kappa shape index (κ1) is 14.5. The maximum atomic E-state index is 13.7. The summed E-state index contributed by atoms with van der Waals surface area (Å²) in [5.74, 6) is -0.0938. The number of nitrogens with zero attached hydrogens (tertiary/aromatic N) is 1. The summed E-state index contributed by atoms with van der Waals surface area (Å²) in [6.45, 7) is 5.35. The van der Waals surface area contributed by atoms with Crippen molar-refractivity contribution in [3.8, 4) is 0 Å². The standard InChI is InChI=1S/C16H25FN2/c1-12(11-14-7-3-4-8-15(14)17)19-10-6-5-9-16(19)13(2)18/h3-4,7-8,12-13,16H,5-6,9-11,18H2,1-2H3. The fraction of sp³-hybridized carbons (Fsp3) is 0.625. The summed E-state index contributed by atoms with van der Waals surface area (Å²) in [7, 11) is 0. The molecule has 2 N–H and O–H groups in total. The highest BCUT2D eigenvalue weighted by Crippen LogP contribution is 2.23. The third kappa shape index (κ3) is 3.54. The molecular weight excluding hydrogens is 239 g/mol. The Morgan fingerprint density at radius 3 is 2.74 bits per heavy atom. The van der Waals surface area contributed by atoms with E-state index in [2.05, 4.69) is 18.7 Å². The molecule has 3 unspecified atom stereocenters. The second-order valence-corrected chi connectivity index (χ2v) is 5.80. The first-order valence-electron chi connectivity index (χ1n) is 7.34. The Labute approximate surface area is 115 Å². The van der Waals surface area contributed by atoms with Crippen LogP contribution in [0.15, 0.2) is 24.3 Å². The number of nitrogens with two attached hydrogens (primary N) is 1. The molecule has 106 valence electrons. The van der Waals surface area contributed by atoms with Gasteiger partial charge in [0, 0.05) is 18.1 Å². The maximum absolute atomic E-state index is 13.7. The lowest BCUT2D eigenvalue weighted by atomic mass is 9.93. The fourth-order valence-electron chi connectivity index (χ4n) is 3.19. The first-order chi connectivity index (χ1) is 9.09. The van der Waals surface area contributed by atoms with E-state index in [9.17, 15) is 4.39 Å². The molecule has 0 aliphatic carbocycles. The van der Waals surface area contributed by atoms with Crippen LogP contribution in [0.1, 0.15) is 38.7 Å². The molecule has 1 aromatic rings. The Morgan fingerprint density at radius 1 is 1.32 bits per heavy atom. The van der Waals surface area contributed by atoms with Crippen molar-refractivity contribution in [2.75, 3.05) is 6.54 Å². The molecule has 1 aliphatic heterocycles. The van der Waals surface area contributed by atoms with Crippen molar-refractivity contribution >= 4 is 0 Å². The number of hydrogen-bond acceptors (Lipinski definition) is 2. The number of hydrogen-bond donors (Lipinski definition) is 1. The van der Waals surface area contributed by atoms with Gasteiger partial charge in [0.05, 0.1) is 0 Å². The lowest BCUT2D eigenvalue weighted by Crippen LogP contribution is -2.53. The molecule has 0 aromatic heterocycles. The van der Waals surface area contributed by atoms with Crippen molar-refractivity contribution in [3.05, 3.63) is 35.6 Å². The van der Waals surface area contributed by atoms with E-state index in [0.29, 0.717) is 12.1 Å². The zero-order chi connectivity index (χ0) is 13.8. The third-order valence-corrected chi connectivity index (χ3v) is 4.24. The van der Waals surface area contributed by atoms with Crippen molar-refractivity contribution in [1.82, 2.24) is 4.90 Å². The lowest BCUT2D eigenvalue weighted by Gasteiger charge is -2.42. The van der Waals surface area contributed by atoms with E-state index in [4.69, 9.17) is 5.73 Å². The van der Waals surface area contributed by atoms with Gasteiger partial charge in [0.1, 0.15) is 5.82 Å². The molecule has 1 fully saturated rings. The van der Waals surface area contributed by atoms with Crippen molar-refractivity contribution in [3.63, 3.8) is 0 Å². The number of likely N-dealkylation sites (tertiary alicyclic amines) is 1. The summed E-state index contributed by atoms with van der Waals surface area (Å²) >= 11 is 0. The summed E-state index contributed by atoms with van der Waals surface area (Å²) in [5.41, 5.74) is 6.91. The summed E-state index contributed by atoms with van der Waals surface area (Å²) in [6.07, 6.45) is 4.41. The van der Waals surface area contributed by atoms with Crippen LogP contribution in [0.4, 0.5) is 4.39 Å². The number of benzene rings is 1. The zero-order valence-corrected chi connectivity index (χ0v) is 12.0. The van der Waals surface area contributed by atoms with Gasteiger partial charge in [0.2, 0.25) is 0 Å². The normalized spacial score (nSPS) is 24.1. The van der Waals surface area contributed by atoms with Crippen LogP contribution >= 0.6 is 0 Å². The van der Waals surface area contributed by atoms with E-state index in [1.807, 2.05) is 12.1 Å². The van der Waals surface area contributed by atoms with Crippen LogP contribution in [0, 0.1) is 5.82 Å². The highest BCUT2D eigenvalue weighted by atomic mass is 19.1. The predicted molar refractivity (Wildman–Crippen MR) is 77.6 cm³/mol. The maximum Gasteiger partial charge on any atom is 0.126 e.